The van der Waals surface area contributed by atoms with E-state index in [1.807, 2.05) is 20.0 Å². The molecule has 3 heteroatoms. The Labute approximate surface area is 123 Å². The van der Waals surface area contributed by atoms with E-state index in [1.165, 1.54) is 5.56 Å². The van der Waals surface area contributed by atoms with Gasteiger partial charge < -0.3 is 10.1 Å². The van der Waals surface area contributed by atoms with Crippen LogP contribution in [0.3, 0.4) is 0 Å². The third-order valence-corrected chi connectivity index (χ3v) is 3.79. The largest absolute Gasteiger partial charge is 0.381 e. The minimum atomic E-state index is -0.382. The zero-order valence-corrected chi connectivity index (χ0v) is 12.7. The lowest BCUT2D eigenvalue weighted by atomic mass is 9.92. The van der Waals surface area contributed by atoms with Crippen LogP contribution in [0.1, 0.15) is 38.2 Å². The Morgan fingerprint density at radius 1 is 1.20 bits per heavy atom. The lowest BCUT2D eigenvalue weighted by molar-refractivity contribution is 0.123. The third-order valence-electron chi connectivity index (χ3n) is 3.79. The minimum absolute atomic E-state index is 0.382. The van der Waals surface area contributed by atoms with Gasteiger partial charge in [0.1, 0.15) is 5.54 Å². The molecule has 1 aromatic rings. The quantitative estimate of drug-likeness (QED) is 0.666. The molecule has 0 amide bonds. The number of benzene rings is 1. The van der Waals surface area contributed by atoms with Gasteiger partial charge in [-0.25, -0.2) is 0 Å². The van der Waals surface area contributed by atoms with Crippen molar-refractivity contribution in [1.82, 2.24) is 5.32 Å². The molecule has 0 heterocycles. The van der Waals surface area contributed by atoms with Crippen LogP contribution in [0.5, 0.6) is 0 Å². The highest BCUT2D eigenvalue weighted by Gasteiger charge is 2.24. The van der Waals surface area contributed by atoms with Crippen molar-refractivity contribution in [2.24, 2.45) is 0 Å². The van der Waals surface area contributed by atoms with Gasteiger partial charge in [0.05, 0.1) is 6.07 Å². The molecule has 0 fully saturated rings. The van der Waals surface area contributed by atoms with E-state index in [4.69, 9.17) is 4.74 Å². The van der Waals surface area contributed by atoms with Crippen LogP contribution in [-0.2, 0) is 11.2 Å². The van der Waals surface area contributed by atoms with Gasteiger partial charge in [0.15, 0.2) is 0 Å². The smallest absolute Gasteiger partial charge is 0.106 e. The van der Waals surface area contributed by atoms with Crippen LogP contribution in [0.4, 0.5) is 0 Å². The maximum absolute atomic E-state index is 9.19. The molecule has 20 heavy (non-hydrogen) atoms. The molecule has 0 bridgehead atoms. The van der Waals surface area contributed by atoms with Crippen molar-refractivity contribution in [2.75, 3.05) is 20.3 Å². The molecule has 1 rings (SSSR count). The predicted molar refractivity (Wildman–Crippen MR) is 82.5 cm³/mol. The highest BCUT2D eigenvalue weighted by molar-refractivity contribution is 5.14. The number of hydrogen-bond acceptors (Lipinski definition) is 3. The normalized spacial score (nSPS) is 13.7. The molecule has 0 aliphatic carbocycles. The molecule has 1 N–H and O–H groups in total. The van der Waals surface area contributed by atoms with Crippen molar-refractivity contribution in [3.05, 3.63) is 35.9 Å². The van der Waals surface area contributed by atoms with Crippen molar-refractivity contribution < 1.29 is 4.74 Å². The van der Waals surface area contributed by atoms with Gasteiger partial charge in [-0.3, -0.25) is 0 Å². The fraction of sp³-hybridized carbons (Fsp3) is 0.588. The summed E-state index contributed by atoms with van der Waals surface area (Å²) in [5.74, 6) is 0. The van der Waals surface area contributed by atoms with E-state index in [0.29, 0.717) is 0 Å². The Kier molecular flexibility index (Phi) is 7.94. The predicted octanol–water partition coefficient (Wildman–Crippen LogP) is 3.31. The van der Waals surface area contributed by atoms with E-state index in [1.54, 1.807) is 0 Å². The van der Waals surface area contributed by atoms with Gasteiger partial charge in [-0.05, 0) is 44.7 Å². The van der Waals surface area contributed by atoms with Crippen LogP contribution >= 0.6 is 0 Å². The van der Waals surface area contributed by atoms with E-state index in [9.17, 15) is 5.26 Å². The van der Waals surface area contributed by atoms with Gasteiger partial charge in [0.2, 0.25) is 0 Å². The number of nitrogens with one attached hydrogen (secondary N) is 1. The zero-order chi connectivity index (χ0) is 14.7. The summed E-state index contributed by atoms with van der Waals surface area (Å²) in [6, 6.07) is 12.8. The molecule has 110 valence electrons. The van der Waals surface area contributed by atoms with Crippen LogP contribution in [-0.4, -0.2) is 25.8 Å². The first kappa shape index (κ1) is 16.7. The average Bonchev–Trinajstić information content (AvgIpc) is 2.52. The molecule has 0 aromatic heterocycles. The molecule has 0 aliphatic heterocycles. The van der Waals surface area contributed by atoms with E-state index >= 15 is 0 Å². The molecule has 3 nitrogen and oxygen atoms in total. The molecule has 0 saturated heterocycles. The van der Waals surface area contributed by atoms with Gasteiger partial charge in [-0.2, -0.15) is 5.26 Å². The Hall–Kier alpha value is -1.37. The first-order valence-corrected chi connectivity index (χ1v) is 7.48. The summed E-state index contributed by atoms with van der Waals surface area (Å²) in [5, 5.41) is 12.3. The van der Waals surface area contributed by atoms with Gasteiger partial charge >= 0.3 is 0 Å². The second-order valence-corrected chi connectivity index (χ2v) is 5.10. The summed E-state index contributed by atoms with van der Waals surface area (Å²) >= 11 is 0. The van der Waals surface area contributed by atoms with Gasteiger partial charge in [0.25, 0.3) is 0 Å². The van der Waals surface area contributed by atoms with E-state index in [0.717, 1.165) is 45.3 Å². The van der Waals surface area contributed by atoms with Crippen LogP contribution in [0.15, 0.2) is 30.3 Å². The van der Waals surface area contributed by atoms with Crippen LogP contribution in [0.25, 0.3) is 0 Å². The van der Waals surface area contributed by atoms with Crippen molar-refractivity contribution in [3.63, 3.8) is 0 Å². The molecule has 1 unspecified atom stereocenters. The molecule has 1 aromatic carbocycles. The molecule has 1 atom stereocenters. The van der Waals surface area contributed by atoms with Crippen molar-refractivity contribution in [2.45, 2.75) is 44.6 Å². The van der Waals surface area contributed by atoms with Gasteiger partial charge in [-0.1, -0.05) is 37.3 Å². The standard InChI is InChI=1S/C17H26N2O/c1-3-17(15-18,19-2)12-8-14-20-13-7-11-16-9-5-4-6-10-16/h4-6,9-10,19H,3,7-8,11-14H2,1-2H3. The van der Waals surface area contributed by atoms with E-state index in [2.05, 4.69) is 35.7 Å². The van der Waals surface area contributed by atoms with Crippen LogP contribution in [0, 0.1) is 11.3 Å². The topological polar surface area (TPSA) is 45.0 Å². The Morgan fingerprint density at radius 2 is 1.90 bits per heavy atom. The number of aryl methyl sites for hydroxylation is 1. The van der Waals surface area contributed by atoms with E-state index in [-0.39, 0.29) is 5.54 Å². The maximum atomic E-state index is 9.19. The fourth-order valence-electron chi connectivity index (χ4n) is 2.27. The fourth-order valence-corrected chi connectivity index (χ4v) is 2.27. The molecule has 0 saturated carbocycles. The lowest BCUT2D eigenvalue weighted by Crippen LogP contribution is -2.40. The van der Waals surface area contributed by atoms with E-state index < -0.39 is 0 Å². The Bertz CT molecular complexity index is 393. The number of nitriles is 1. The molecule has 0 aliphatic rings. The highest BCUT2D eigenvalue weighted by atomic mass is 16.5. The third kappa shape index (κ3) is 5.73. The summed E-state index contributed by atoms with van der Waals surface area (Å²) in [6.07, 6.45) is 4.71. The Balaban J connectivity index is 2.07. The minimum Gasteiger partial charge on any atom is -0.381 e. The summed E-state index contributed by atoms with van der Waals surface area (Å²) in [7, 11) is 1.85. The monoisotopic (exact) mass is 274 g/mol. The molecule has 0 spiro atoms. The summed E-state index contributed by atoms with van der Waals surface area (Å²) < 4.78 is 5.65. The van der Waals surface area contributed by atoms with Gasteiger partial charge in [-0.15, -0.1) is 0 Å². The Morgan fingerprint density at radius 3 is 2.50 bits per heavy atom. The van der Waals surface area contributed by atoms with Gasteiger partial charge in [0, 0.05) is 13.2 Å². The number of hydrogen-bond donors (Lipinski definition) is 1. The second kappa shape index (κ2) is 9.52. The van der Waals surface area contributed by atoms with Crippen LogP contribution in [0.2, 0.25) is 0 Å². The summed E-state index contributed by atoms with van der Waals surface area (Å²) in [4.78, 5) is 0. The first-order valence-electron chi connectivity index (χ1n) is 7.48. The molecule has 0 radical (unpaired) electrons. The summed E-state index contributed by atoms with van der Waals surface area (Å²) in [5.41, 5.74) is 0.980. The molecular formula is C17H26N2O. The zero-order valence-electron chi connectivity index (χ0n) is 12.7. The average molecular weight is 274 g/mol. The summed E-state index contributed by atoms with van der Waals surface area (Å²) in [6.45, 7) is 3.57. The number of rotatable bonds is 10. The lowest BCUT2D eigenvalue weighted by Gasteiger charge is -2.24. The van der Waals surface area contributed by atoms with Crippen LogP contribution < -0.4 is 5.32 Å². The second-order valence-electron chi connectivity index (χ2n) is 5.10. The van der Waals surface area contributed by atoms with Crippen molar-refractivity contribution in [3.8, 4) is 6.07 Å². The van der Waals surface area contributed by atoms with Crippen molar-refractivity contribution in [1.29, 1.82) is 5.26 Å². The SMILES string of the molecule is CCC(C#N)(CCCOCCCc1ccccc1)NC. The maximum Gasteiger partial charge on any atom is 0.106 e. The number of nitrogens with zero attached hydrogens (tertiary/aromatic N) is 1. The van der Waals surface area contributed by atoms with Crippen molar-refractivity contribution >= 4 is 0 Å². The highest BCUT2D eigenvalue weighted by Crippen LogP contribution is 2.15. The number of ether oxygens (including phenoxy) is 1. The first-order chi connectivity index (χ1) is 9.76. The molecular weight excluding hydrogens is 248 g/mol.